The summed E-state index contributed by atoms with van der Waals surface area (Å²) < 4.78 is 2.05. The van der Waals surface area contributed by atoms with Gasteiger partial charge in [-0.3, -0.25) is 0 Å². The topological polar surface area (TPSA) is 89.8 Å². The smallest absolute Gasteiger partial charge is 0.223 e. The zero-order valence-corrected chi connectivity index (χ0v) is 12.4. The fourth-order valence-corrected chi connectivity index (χ4v) is 2.12. The van der Waals surface area contributed by atoms with Gasteiger partial charge in [0.15, 0.2) is 0 Å². The molecule has 0 radical (unpaired) electrons. The first kappa shape index (κ1) is 12.4. The number of nitrogens with zero attached hydrogens (tertiary/aromatic N) is 2. The molecule has 0 spiro atoms. The lowest BCUT2D eigenvalue weighted by molar-refractivity contribution is 1.19. The van der Waals surface area contributed by atoms with Gasteiger partial charge in [-0.05, 0) is 56.7 Å². The zero-order valence-electron chi connectivity index (χ0n) is 8.61. The number of benzene rings is 1. The molecule has 2 aromatic rings. The summed E-state index contributed by atoms with van der Waals surface area (Å²) in [6, 6.07) is 7.57. The Labute approximate surface area is 120 Å². The van der Waals surface area contributed by atoms with E-state index < -0.39 is 0 Å². The van der Waals surface area contributed by atoms with Crippen molar-refractivity contribution in [2.24, 2.45) is 0 Å². The van der Waals surface area contributed by atoms with Gasteiger partial charge in [0.05, 0.1) is 5.69 Å². The second-order valence-electron chi connectivity index (χ2n) is 3.29. The van der Waals surface area contributed by atoms with Gasteiger partial charge in [-0.15, -0.1) is 0 Å². The number of aromatic nitrogens is 2. The van der Waals surface area contributed by atoms with E-state index in [9.17, 15) is 0 Å². The van der Waals surface area contributed by atoms with Crippen LogP contribution in [-0.4, -0.2) is 9.97 Å². The number of nitrogens with two attached hydrogens (primary N) is 2. The van der Waals surface area contributed by atoms with Crippen LogP contribution in [0.3, 0.4) is 0 Å². The van der Waals surface area contributed by atoms with Crippen molar-refractivity contribution in [1.29, 1.82) is 0 Å². The lowest BCUT2D eigenvalue weighted by Gasteiger charge is -2.09. The van der Waals surface area contributed by atoms with Gasteiger partial charge < -0.3 is 16.8 Å². The van der Waals surface area contributed by atoms with E-state index in [2.05, 4.69) is 53.8 Å². The molecule has 17 heavy (non-hydrogen) atoms. The second kappa shape index (κ2) is 5.05. The van der Waals surface area contributed by atoms with E-state index in [0.29, 0.717) is 11.6 Å². The van der Waals surface area contributed by atoms with Gasteiger partial charge in [0.25, 0.3) is 0 Å². The Morgan fingerprint density at radius 1 is 1.18 bits per heavy atom. The van der Waals surface area contributed by atoms with E-state index in [1.165, 1.54) is 0 Å². The van der Waals surface area contributed by atoms with Crippen molar-refractivity contribution in [3.8, 4) is 0 Å². The molecule has 0 unspecified atom stereocenters. The summed E-state index contributed by atoms with van der Waals surface area (Å²) in [5.41, 5.74) is 12.0. The Bertz CT molecular complexity index is 540. The molecule has 7 heteroatoms. The largest absolute Gasteiger partial charge is 0.383 e. The molecule has 88 valence electrons. The molecule has 1 aromatic carbocycles. The van der Waals surface area contributed by atoms with Crippen LogP contribution in [0.4, 0.5) is 23.3 Å². The van der Waals surface area contributed by atoms with E-state index in [1.807, 2.05) is 18.2 Å². The van der Waals surface area contributed by atoms with Gasteiger partial charge in [0, 0.05) is 14.1 Å². The van der Waals surface area contributed by atoms with Gasteiger partial charge in [-0.25, -0.2) is 0 Å². The average Bonchev–Trinajstić information content (AvgIpc) is 2.22. The van der Waals surface area contributed by atoms with Crippen LogP contribution in [0.5, 0.6) is 0 Å². The van der Waals surface area contributed by atoms with Crippen LogP contribution in [0.15, 0.2) is 28.7 Å². The van der Waals surface area contributed by atoms with Crippen LogP contribution in [0.25, 0.3) is 0 Å². The van der Waals surface area contributed by atoms with Crippen molar-refractivity contribution in [2.45, 2.75) is 0 Å². The van der Waals surface area contributed by atoms with E-state index in [1.54, 1.807) is 6.07 Å². The van der Waals surface area contributed by atoms with Gasteiger partial charge in [-0.2, -0.15) is 9.97 Å². The van der Waals surface area contributed by atoms with Crippen molar-refractivity contribution in [2.75, 3.05) is 16.8 Å². The number of hydrogen-bond acceptors (Lipinski definition) is 5. The summed E-state index contributed by atoms with van der Waals surface area (Å²) in [5.74, 6) is 1.05. The summed E-state index contributed by atoms with van der Waals surface area (Å²) in [6.07, 6.45) is 0. The Morgan fingerprint density at radius 2 is 1.94 bits per heavy atom. The highest BCUT2D eigenvalue weighted by molar-refractivity contribution is 14.1. The highest BCUT2D eigenvalue weighted by atomic mass is 127. The lowest BCUT2D eigenvalue weighted by atomic mass is 10.3. The molecule has 0 saturated heterocycles. The van der Waals surface area contributed by atoms with E-state index in [0.717, 1.165) is 13.7 Å². The molecule has 0 aliphatic rings. The fraction of sp³-hybridized carbons (Fsp3) is 0. The number of rotatable bonds is 2. The van der Waals surface area contributed by atoms with Crippen molar-refractivity contribution in [3.63, 3.8) is 0 Å². The monoisotopic (exact) mass is 405 g/mol. The van der Waals surface area contributed by atoms with Crippen LogP contribution >= 0.6 is 38.5 Å². The predicted octanol–water partition coefficient (Wildman–Crippen LogP) is 2.75. The minimum atomic E-state index is 0.147. The van der Waals surface area contributed by atoms with Crippen LogP contribution in [-0.2, 0) is 0 Å². The molecular weight excluding hydrogens is 397 g/mol. The summed E-state index contributed by atoms with van der Waals surface area (Å²) in [6.45, 7) is 0. The Balaban J connectivity index is 2.34. The van der Waals surface area contributed by atoms with Crippen LogP contribution < -0.4 is 16.8 Å². The Morgan fingerprint density at radius 3 is 2.65 bits per heavy atom. The Hall–Kier alpha value is -1.09. The number of nitrogens with one attached hydrogen (secondary N) is 1. The first-order chi connectivity index (χ1) is 8.04. The predicted molar refractivity (Wildman–Crippen MR) is 81.0 cm³/mol. The van der Waals surface area contributed by atoms with E-state index in [-0.39, 0.29) is 5.95 Å². The van der Waals surface area contributed by atoms with Crippen molar-refractivity contribution < 1.29 is 0 Å². The maximum atomic E-state index is 5.60. The summed E-state index contributed by atoms with van der Waals surface area (Å²) >= 11 is 5.69. The quantitative estimate of drug-likeness (QED) is 0.668. The van der Waals surface area contributed by atoms with Gasteiger partial charge in [0.2, 0.25) is 5.95 Å². The molecule has 0 atom stereocenters. The molecule has 0 fully saturated rings. The molecule has 0 aliphatic heterocycles. The van der Waals surface area contributed by atoms with Crippen molar-refractivity contribution in [3.05, 3.63) is 32.3 Å². The molecule has 1 aromatic heterocycles. The molecule has 5 N–H and O–H groups in total. The average molecular weight is 406 g/mol. The highest BCUT2D eigenvalue weighted by Crippen LogP contribution is 2.27. The fourth-order valence-electron chi connectivity index (χ4n) is 1.28. The third-order valence-corrected chi connectivity index (χ3v) is 3.32. The van der Waals surface area contributed by atoms with Gasteiger partial charge in [0.1, 0.15) is 11.6 Å². The van der Waals surface area contributed by atoms with Crippen molar-refractivity contribution >= 4 is 61.8 Å². The third kappa shape index (κ3) is 3.19. The maximum absolute atomic E-state index is 5.60. The van der Waals surface area contributed by atoms with Crippen LogP contribution in [0.2, 0.25) is 0 Å². The minimum absolute atomic E-state index is 0.147. The third-order valence-electron chi connectivity index (χ3n) is 1.95. The lowest BCUT2D eigenvalue weighted by Crippen LogP contribution is -2.03. The number of halogens is 2. The zero-order chi connectivity index (χ0) is 12.4. The number of hydrogen-bond donors (Lipinski definition) is 3. The normalized spacial score (nSPS) is 10.2. The minimum Gasteiger partial charge on any atom is -0.383 e. The summed E-state index contributed by atoms with van der Waals surface area (Å²) in [5, 5.41) is 3.13. The molecule has 0 bridgehead atoms. The van der Waals surface area contributed by atoms with Gasteiger partial charge >= 0.3 is 0 Å². The van der Waals surface area contributed by atoms with E-state index >= 15 is 0 Å². The number of nitrogen functional groups attached to an aromatic ring is 2. The van der Waals surface area contributed by atoms with Crippen LogP contribution in [0.1, 0.15) is 0 Å². The summed E-state index contributed by atoms with van der Waals surface area (Å²) in [4.78, 5) is 7.86. The second-order valence-corrected chi connectivity index (χ2v) is 5.39. The molecule has 0 amide bonds. The Kier molecular flexibility index (Phi) is 3.67. The first-order valence-electron chi connectivity index (χ1n) is 4.67. The van der Waals surface area contributed by atoms with E-state index in [4.69, 9.17) is 11.5 Å². The molecule has 0 saturated carbocycles. The number of anilines is 4. The molecule has 2 rings (SSSR count). The maximum Gasteiger partial charge on any atom is 0.223 e. The van der Waals surface area contributed by atoms with Crippen molar-refractivity contribution in [1.82, 2.24) is 9.97 Å². The SMILES string of the molecule is Nc1cc(Nc2cc(I)ccc2Br)nc(N)n1. The molecule has 5 nitrogen and oxygen atoms in total. The highest BCUT2D eigenvalue weighted by Gasteiger charge is 2.04. The molecule has 1 heterocycles. The molecular formula is C10H9BrIN5. The van der Waals surface area contributed by atoms with Crippen LogP contribution in [0, 0.1) is 3.57 Å². The standard InChI is InChI=1S/C10H9BrIN5/c11-6-2-1-5(12)3-7(6)15-9-4-8(13)16-10(14)17-9/h1-4H,(H5,13,14,15,16,17). The summed E-state index contributed by atoms with van der Waals surface area (Å²) in [7, 11) is 0. The molecule has 0 aliphatic carbocycles. The first-order valence-corrected chi connectivity index (χ1v) is 6.54. The van der Waals surface area contributed by atoms with Gasteiger partial charge in [-0.1, -0.05) is 0 Å².